The number of nitrogens with zero attached hydrogens (tertiary/aromatic N) is 1. The molecule has 2 rings (SSSR count). The van der Waals surface area contributed by atoms with Crippen molar-refractivity contribution in [3.05, 3.63) is 59.9 Å². The molecule has 0 fully saturated rings. The molecule has 9 heteroatoms. The van der Waals surface area contributed by atoms with E-state index in [0.717, 1.165) is 5.56 Å². The van der Waals surface area contributed by atoms with Crippen LogP contribution in [0.25, 0.3) is 0 Å². The van der Waals surface area contributed by atoms with Crippen LogP contribution in [0, 0.1) is 5.82 Å². The molecule has 0 heterocycles. The van der Waals surface area contributed by atoms with E-state index in [1.165, 1.54) is 48.2 Å². The summed E-state index contributed by atoms with van der Waals surface area (Å²) in [5.74, 6) is -0.845. The number of carbonyl (C=O) groups excluding carboxylic acids is 2. The van der Waals surface area contributed by atoms with Crippen LogP contribution >= 0.6 is 0 Å². The van der Waals surface area contributed by atoms with E-state index in [4.69, 9.17) is 0 Å². The van der Waals surface area contributed by atoms with Gasteiger partial charge < -0.3 is 10.2 Å². The Morgan fingerprint density at radius 2 is 1.64 bits per heavy atom. The number of anilines is 1. The molecule has 0 unspecified atom stereocenters. The maximum absolute atomic E-state index is 12.9. The van der Waals surface area contributed by atoms with E-state index in [0.29, 0.717) is 12.2 Å². The third-order valence-corrected chi connectivity index (χ3v) is 5.35. The first-order valence-corrected chi connectivity index (χ1v) is 10.0. The lowest BCUT2D eigenvalue weighted by atomic mass is 10.2. The van der Waals surface area contributed by atoms with Gasteiger partial charge in [0.25, 0.3) is 0 Å². The molecule has 0 bridgehead atoms. The highest BCUT2D eigenvalue weighted by Gasteiger charge is 2.15. The highest BCUT2D eigenvalue weighted by molar-refractivity contribution is 7.89. The summed E-state index contributed by atoms with van der Waals surface area (Å²) in [6, 6.07) is 11.5. The monoisotopic (exact) mass is 407 g/mol. The summed E-state index contributed by atoms with van der Waals surface area (Å²) in [5.41, 5.74) is 1.26. The van der Waals surface area contributed by atoms with Gasteiger partial charge in [-0.2, -0.15) is 0 Å². The Hall–Kier alpha value is -2.78. The second-order valence-electron chi connectivity index (χ2n) is 6.23. The minimum Gasteiger partial charge on any atom is -0.341 e. The van der Waals surface area contributed by atoms with E-state index in [2.05, 4.69) is 10.0 Å². The van der Waals surface area contributed by atoms with Gasteiger partial charge in [-0.1, -0.05) is 12.1 Å². The Labute approximate surface area is 163 Å². The molecule has 0 aromatic heterocycles. The summed E-state index contributed by atoms with van der Waals surface area (Å²) < 4.78 is 39.9. The maximum atomic E-state index is 12.9. The average Bonchev–Trinajstić information content (AvgIpc) is 2.63. The Morgan fingerprint density at radius 1 is 1.04 bits per heavy atom. The first-order valence-electron chi connectivity index (χ1n) is 8.53. The molecule has 0 saturated carbocycles. The Morgan fingerprint density at radius 3 is 2.21 bits per heavy atom. The molecule has 2 N–H and O–H groups in total. The zero-order valence-corrected chi connectivity index (χ0v) is 16.4. The van der Waals surface area contributed by atoms with Gasteiger partial charge in [0.15, 0.2) is 0 Å². The van der Waals surface area contributed by atoms with Crippen LogP contribution < -0.4 is 10.0 Å². The summed E-state index contributed by atoms with van der Waals surface area (Å²) in [6.45, 7) is 1.61. The van der Waals surface area contributed by atoms with Gasteiger partial charge in [-0.25, -0.2) is 17.5 Å². The van der Waals surface area contributed by atoms with Gasteiger partial charge in [-0.05, 0) is 42.0 Å². The predicted molar refractivity (Wildman–Crippen MR) is 103 cm³/mol. The summed E-state index contributed by atoms with van der Waals surface area (Å²) in [4.78, 5) is 24.6. The van der Waals surface area contributed by atoms with Crippen molar-refractivity contribution >= 4 is 27.5 Å². The standard InChI is InChI=1S/C19H22FN3O4S/c1-14(24)22-17-7-9-18(10-8-17)28(26,27)21-12-11-19(25)23(2)13-15-3-5-16(20)6-4-15/h3-10,21H,11-13H2,1-2H3,(H,22,24). The zero-order chi connectivity index (χ0) is 20.7. The molecule has 2 aromatic carbocycles. The molecule has 0 atom stereocenters. The minimum atomic E-state index is -3.77. The fraction of sp³-hybridized carbons (Fsp3) is 0.263. The van der Waals surface area contributed by atoms with E-state index < -0.39 is 10.0 Å². The summed E-state index contributed by atoms with van der Waals surface area (Å²) in [7, 11) is -2.17. The summed E-state index contributed by atoms with van der Waals surface area (Å²) >= 11 is 0. The normalized spacial score (nSPS) is 11.1. The molecule has 2 aromatic rings. The molecule has 0 radical (unpaired) electrons. The smallest absolute Gasteiger partial charge is 0.240 e. The zero-order valence-electron chi connectivity index (χ0n) is 15.6. The lowest BCUT2D eigenvalue weighted by Crippen LogP contribution is -2.32. The van der Waals surface area contributed by atoms with Gasteiger partial charge in [-0.3, -0.25) is 9.59 Å². The summed E-state index contributed by atoms with van der Waals surface area (Å²) in [5, 5.41) is 2.55. The van der Waals surface area contributed by atoms with E-state index >= 15 is 0 Å². The highest BCUT2D eigenvalue weighted by atomic mass is 32.2. The largest absolute Gasteiger partial charge is 0.341 e. The van der Waals surface area contributed by atoms with E-state index in [1.807, 2.05) is 0 Å². The molecule has 7 nitrogen and oxygen atoms in total. The van der Waals surface area contributed by atoms with Gasteiger partial charge >= 0.3 is 0 Å². The number of nitrogens with one attached hydrogen (secondary N) is 2. The van der Waals surface area contributed by atoms with Crippen molar-refractivity contribution in [2.75, 3.05) is 18.9 Å². The Bertz CT molecular complexity index is 929. The quantitative estimate of drug-likeness (QED) is 0.701. The molecule has 150 valence electrons. The first-order chi connectivity index (χ1) is 13.2. The fourth-order valence-corrected chi connectivity index (χ4v) is 3.47. The van der Waals surface area contributed by atoms with Gasteiger partial charge in [-0.15, -0.1) is 0 Å². The third-order valence-electron chi connectivity index (χ3n) is 3.87. The van der Waals surface area contributed by atoms with Crippen LogP contribution in [0.15, 0.2) is 53.4 Å². The number of sulfonamides is 1. The number of rotatable bonds is 8. The second kappa shape index (κ2) is 9.43. The predicted octanol–water partition coefficient (Wildman–Crippen LogP) is 2.11. The van der Waals surface area contributed by atoms with Crippen LogP contribution in [0.5, 0.6) is 0 Å². The van der Waals surface area contributed by atoms with Gasteiger partial charge in [0.05, 0.1) is 4.90 Å². The Kier molecular flexibility index (Phi) is 7.24. The van der Waals surface area contributed by atoms with Gasteiger partial charge in [0.1, 0.15) is 5.82 Å². The topological polar surface area (TPSA) is 95.6 Å². The van der Waals surface area contributed by atoms with Crippen LogP contribution in [0.2, 0.25) is 0 Å². The molecular formula is C19H22FN3O4S. The molecule has 28 heavy (non-hydrogen) atoms. The number of hydrogen-bond donors (Lipinski definition) is 2. The number of benzene rings is 2. The van der Waals surface area contributed by atoms with Crippen molar-refractivity contribution in [1.82, 2.24) is 9.62 Å². The molecule has 0 aliphatic carbocycles. The number of halogens is 1. The SMILES string of the molecule is CC(=O)Nc1ccc(S(=O)(=O)NCCC(=O)N(C)Cc2ccc(F)cc2)cc1. The molecule has 0 aliphatic rings. The molecule has 0 aliphatic heterocycles. The van der Waals surface area contributed by atoms with Crippen LogP contribution in [0.3, 0.4) is 0 Å². The molecule has 0 saturated heterocycles. The van der Waals surface area contributed by atoms with Crippen molar-refractivity contribution in [1.29, 1.82) is 0 Å². The lowest BCUT2D eigenvalue weighted by Gasteiger charge is -2.17. The molecular weight excluding hydrogens is 385 g/mol. The maximum Gasteiger partial charge on any atom is 0.240 e. The third kappa shape index (κ3) is 6.43. The van der Waals surface area contributed by atoms with E-state index in [9.17, 15) is 22.4 Å². The van der Waals surface area contributed by atoms with Crippen molar-refractivity contribution in [2.24, 2.45) is 0 Å². The Balaban J connectivity index is 1.85. The van der Waals surface area contributed by atoms with E-state index in [-0.39, 0.29) is 35.5 Å². The van der Waals surface area contributed by atoms with Crippen LogP contribution in [-0.2, 0) is 26.2 Å². The van der Waals surface area contributed by atoms with Crippen molar-refractivity contribution in [2.45, 2.75) is 24.8 Å². The van der Waals surface area contributed by atoms with Gasteiger partial charge in [0.2, 0.25) is 21.8 Å². The highest BCUT2D eigenvalue weighted by Crippen LogP contribution is 2.14. The average molecular weight is 407 g/mol. The number of hydrogen-bond acceptors (Lipinski definition) is 4. The first kappa shape index (κ1) is 21.5. The van der Waals surface area contributed by atoms with Crippen molar-refractivity contribution in [3.8, 4) is 0 Å². The number of carbonyl (C=O) groups is 2. The minimum absolute atomic E-state index is 0.0130. The van der Waals surface area contributed by atoms with Crippen molar-refractivity contribution < 1.29 is 22.4 Å². The number of amides is 2. The fourth-order valence-electron chi connectivity index (χ4n) is 2.44. The second-order valence-corrected chi connectivity index (χ2v) is 8.00. The van der Waals surface area contributed by atoms with Gasteiger partial charge in [0, 0.05) is 39.2 Å². The lowest BCUT2D eigenvalue weighted by molar-refractivity contribution is -0.130. The van der Waals surface area contributed by atoms with E-state index in [1.54, 1.807) is 19.2 Å². The molecule has 2 amide bonds. The van der Waals surface area contributed by atoms with Crippen molar-refractivity contribution in [3.63, 3.8) is 0 Å². The van der Waals surface area contributed by atoms with Crippen LogP contribution in [0.1, 0.15) is 18.9 Å². The summed E-state index contributed by atoms with van der Waals surface area (Å²) in [6.07, 6.45) is -0.0130. The van der Waals surface area contributed by atoms with Crippen LogP contribution in [0.4, 0.5) is 10.1 Å². The molecule has 0 spiro atoms. The van der Waals surface area contributed by atoms with Crippen LogP contribution in [-0.4, -0.2) is 38.7 Å².